The van der Waals surface area contributed by atoms with E-state index in [-0.39, 0.29) is 11.2 Å². The fourth-order valence-corrected chi connectivity index (χ4v) is 6.16. The van der Waals surface area contributed by atoms with Crippen molar-refractivity contribution in [1.82, 2.24) is 18.8 Å². The van der Waals surface area contributed by atoms with Gasteiger partial charge < -0.3 is 14.4 Å². The number of ether oxygens (including phenoxy) is 1. The van der Waals surface area contributed by atoms with Crippen LogP contribution in [0.25, 0.3) is 22.3 Å². The third-order valence-corrected chi connectivity index (χ3v) is 8.91. The number of nitrogens with zero attached hydrogens (tertiary/aromatic N) is 4. The Bertz CT molecular complexity index is 1380. The number of hydrogen-bond acceptors (Lipinski definition) is 6. The monoisotopic (exact) mass is 540 g/mol. The zero-order valence-electron chi connectivity index (χ0n) is 20.3. The third kappa shape index (κ3) is 5.87. The van der Waals surface area contributed by atoms with Gasteiger partial charge in [-0.1, -0.05) is 0 Å². The Balaban J connectivity index is 0.000000405. The summed E-state index contributed by atoms with van der Waals surface area (Å²) < 4.78 is 65.8. The molecule has 1 saturated heterocycles. The minimum atomic E-state index is -5.08. The minimum absolute atomic E-state index is 0.139. The van der Waals surface area contributed by atoms with Crippen molar-refractivity contribution in [2.24, 2.45) is 7.05 Å². The second-order valence-electron chi connectivity index (χ2n) is 9.07. The first-order valence-corrected chi connectivity index (χ1v) is 13.2. The molecule has 13 heteroatoms. The van der Waals surface area contributed by atoms with E-state index in [9.17, 15) is 21.6 Å². The van der Waals surface area contributed by atoms with Crippen LogP contribution < -0.4 is 4.74 Å². The van der Waals surface area contributed by atoms with Crippen LogP contribution in [0.5, 0.6) is 5.75 Å². The van der Waals surface area contributed by atoms with E-state index in [2.05, 4.69) is 11.1 Å². The Hall–Kier alpha value is -3.19. The smallest absolute Gasteiger partial charge is 0.490 e. The lowest BCUT2D eigenvalue weighted by molar-refractivity contribution is -0.192. The fraction of sp³-hybridized carbons (Fsp3) is 0.458. The van der Waals surface area contributed by atoms with Crippen molar-refractivity contribution in [3.8, 4) is 17.0 Å². The topological polar surface area (TPSA) is 115 Å². The summed E-state index contributed by atoms with van der Waals surface area (Å²) in [5.74, 6) is -1.71. The van der Waals surface area contributed by atoms with E-state index in [0.29, 0.717) is 13.1 Å². The first-order chi connectivity index (χ1) is 17.4. The zero-order valence-corrected chi connectivity index (χ0v) is 21.1. The van der Waals surface area contributed by atoms with Gasteiger partial charge in [-0.3, -0.25) is 4.98 Å². The van der Waals surface area contributed by atoms with Crippen LogP contribution in [-0.2, 0) is 21.9 Å². The number of halogens is 3. The highest BCUT2D eigenvalue weighted by Crippen LogP contribution is 2.37. The van der Waals surface area contributed by atoms with Gasteiger partial charge >= 0.3 is 12.1 Å². The standard InChI is InChI=1S/C22H26N4O3S.C2HF3O2/c1-25-14-23-22-20(25)13-19(24-21(22)16-3-5-17(29-2)6-4-16)15-9-11-26(12-10-15)30(27,28)18-7-8-18;3-2(4,5)1(6)7/h3-6,13-15,18H,7-12H2,1-2H3;(H,6,7). The van der Waals surface area contributed by atoms with Crippen LogP contribution in [0.15, 0.2) is 36.7 Å². The Labute approximate surface area is 211 Å². The molecule has 0 amide bonds. The molecule has 3 aromatic rings. The number of rotatable bonds is 5. The number of aromatic nitrogens is 3. The molecule has 1 aromatic carbocycles. The summed E-state index contributed by atoms with van der Waals surface area (Å²) in [6.45, 7) is 1.15. The number of carbonyl (C=O) groups is 1. The Kier molecular flexibility index (Phi) is 7.47. The zero-order chi connectivity index (χ0) is 27.0. The highest BCUT2D eigenvalue weighted by Gasteiger charge is 2.41. The molecule has 37 heavy (non-hydrogen) atoms. The van der Waals surface area contributed by atoms with Gasteiger partial charge in [0.2, 0.25) is 10.0 Å². The summed E-state index contributed by atoms with van der Waals surface area (Å²) >= 11 is 0. The number of alkyl halides is 3. The lowest BCUT2D eigenvalue weighted by atomic mass is 9.93. The largest absolute Gasteiger partial charge is 0.497 e. The van der Waals surface area contributed by atoms with Crippen LogP contribution in [0.3, 0.4) is 0 Å². The number of imidazole rings is 1. The van der Waals surface area contributed by atoms with Gasteiger partial charge in [-0.2, -0.15) is 13.2 Å². The summed E-state index contributed by atoms with van der Waals surface area (Å²) in [5.41, 5.74) is 4.79. The van der Waals surface area contributed by atoms with Crippen LogP contribution in [0.4, 0.5) is 13.2 Å². The van der Waals surface area contributed by atoms with Crippen molar-refractivity contribution in [2.75, 3.05) is 20.2 Å². The highest BCUT2D eigenvalue weighted by atomic mass is 32.2. The number of benzene rings is 1. The van der Waals surface area contributed by atoms with Crippen molar-refractivity contribution in [3.63, 3.8) is 0 Å². The van der Waals surface area contributed by atoms with Crippen molar-refractivity contribution in [2.45, 2.75) is 43.0 Å². The lowest BCUT2D eigenvalue weighted by Crippen LogP contribution is -2.39. The molecule has 0 atom stereocenters. The maximum Gasteiger partial charge on any atom is 0.490 e. The second-order valence-corrected chi connectivity index (χ2v) is 11.3. The first kappa shape index (κ1) is 26.9. The van der Waals surface area contributed by atoms with Gasteiger partial charge in [-0.05, 0) is 56.0 Å². The van der Waals surface area contributed by atoms with E-state index in [4.69, 9.17) is 19.6 Å². The van der Waals surface area contributed by atoms with Gasteiger partial charge in [-0.25, -0.2) is 22.5 Å². The Morgan fingerprint density at radius 1 is 1.11 bits per heavy atom. The van der Waals surface area contributed by atoms with E-state index < -0.39 is 22.2 Å². The molecule has 0 unspecified atom stereocenters. The van der Waals surface area contributed by atoms with Gasteiger partial charge in [0.1, 0.15) is 11.3 Å². The van der Waals surface area contributed by atoms with Crippen LogP contribution in [0.2, 0.25) is 0 Å². The molecular weight excluding hydrogens is 513 g/mol. The number of pyridine rings is 1. The summed E-state index contributed by atoms with van der Waals surface area (Å²) in [4.78, 5) is 18.5. The average Bonchev–Trinajstić information content (AvgIpc) is 3.68. The van der Waals surface area contributed by atoms with E-state index in [1.165, 1.54) is 0 Å². The Morgan fingerprint density at radius 2 is 1.70 bits per heavy atom. The van der Waals surface area contributed by atoms with Crippen LogP contribution in [0, 0.1) is 0 Å². The number of hydrogen-bond donors (Lipinski definition) is 1. The average molecular weight is 541 g/mol. The summed E-state index contributed by atoms with van der Waals surface area (Å²) in [7, 11) is 0.543. The quantitative estimate of drug-likeness (QED) is 0.521. The highest BCUT2D eigenvalue weighted by molar-refractivity contribution is 7.90. The molecule has 9 nitrogen and oxygen atoms in total. The number of piperidine rings is 1. The number of aryl methyl sites for hydroxylation is 1. The van der Waals surface area contributed by atoms with E-state index in [1.54, 1.807) is 11.4 Å². The minimum Gasteiger partial charge on any atom is -0.497 e. The first-order valence-electron chi connectivity index (χ1n) is 11.7. The molecule has 0 radical (unpaired) electrons. The molecule has 5 rings (SSSR count). The number of fused-ring (bicyclic) bond motifs is 1. The summed E-state index contributed by atoms with van der Waals surface area (Å²) in [6, 6.07) is 9.98. The Morgan fingerprint density at radius 3 is 2.22 bits per heavy atom. The molecular formula is C24H27F3N4O5S. The number of carboxylic acid groups (broad SMARTS) is 1. The van der Waals surface area contributed by atoms with Crippen LogP contribution in [0.1, 0.15) is 37.3 Å². The number of sulfonamides is 1. The maximum atomic E-state index is 12.6. The van der Waals surface area contributed by atoms with E-state index >= 15 is 0 Å². The summed E-state index contributed by atoms with van der Waals surface area (Å²) in [6.07, 6.45) is -0.0545. The van der Waals surface area contributed by atoms with Crippen molar-refractivity contribution in [3.05, 3.63) is 42.4 Å². The SMILES string of the molecule is COc1ccc(-c2nc(C3CCN(S(=O)(=O)C4CC4)CC3)cc3c2ncn3C)cc1.O=C(O)C(F)(F)F. The predicted octanol–water partition coefficient (Wildman–Crippen LogP) is 3.95. The maximum absolute atomic E-state index is 12.6. The predicted molar refractivity (Wildman–Crippen MR) is 130 cm³/mol. The molecule has 3 heterocycles. The van der Waals surface area contributed by atoms with E-state index in [0.717, 1.165) is 59.4 Å². The molecule has 2 aromatic heterocycles. The van der Waals surface area contributed by atoms with Gasteiger partial charge in [0, 0.05) is 37.3 Å². The molecule has 1 aliphatic heterocycles. The van der Waals surface area contributed by atoms with Crippen molar-refractivity contribution in [1.29, 1.82) is 0 Å². The molecule has 2 fully saturated rings. The van der Waals surface area contributed by atoms with Gasteiger partial charge in [-0.15, -0.1) is 0 Å². The lowest BCUT2D eigenvalue weighted by Gasteiger charge is -2.31. The third-order valence-electron chi connectivity index (χ3n) is 6.52. The summed E-state index contributed by atoms with van der Waals surface area (Å²) in [5, 5.41) is 6.99. The number of aliphatic carboxylic acids is 1. The molecule has 0 spiro atoms. The molecule has 1 N–H and O–H groups in total. The molecule has 1 aliphatic carbocycles. The normalized spacial score (nSPS) is 17.3. The van der Waals surface area contributed by atoms with Gasteiger partial charge in [0.25, 0.3) is 0 Å². The van der Waals surface area contributed by atoms with Gasteiger partial charge in [0.15, 0.2) is 0 Å². The van der Waals surface area contributed by atoms with Crippen LogP contribution >= 0.6 is 0 Å². The molecule has 0 bridgehead atoms. The second kappa shape index (κ2) is 10.3. The molecule has 2 aliphatic rings. The molecule has 200 valence electrons. The van der Waals surface area contributed by atoms with E-state index in [1.807, 2.05) is 42.2 Å². The number of carboxylic acids is 1. The van der Waals surface area contributed by atoms with Crippen LogP contribution in [-0.4, -0.2) is 70.0 Å². The van der Waals surface area contributed by atoms with Gasteiger partial charge in [0.05, 0.1) is 29.9 Å². The number of methoxy groups -OCH3 is 1. The van der Waals surface area contributed by atoms with Crippen molar-refractivity contribution < 1.29 is 36.2 Å². The van der Waals surface area contributed by atoms with Crippen molar-refractivity contribution >= 4 is 27.0 Å². The molecule has 1 saturated carbocycles. The fourth-order valence-electron chi connectivity index (χ4n) is 4.29.